The van der Waals surface area contributed by atoms with Crippen LogP contribution in [0.2, 0.25) is 5.02 Å². The van der Waals surface area contributed by atoms with Crippen molar-refractivity contribution in [1.82, 2.24) is 5.43 Å². The third-order valence-electron chi connectivity index (χ3n) is 4.67. The molecule has 7 nitrogen and oxygen atoms in total. The zero-order valence-electron chi connectivity index (χ0n) is 16.1. The molecule has 0 spiro atoms. The second-order valence-electron chi connectivity index (χ2n) is 6.68. The van der Waals surface area contributed by atoms with E-state index in [2.05, 4.69) is 16.6 Å². The van der Waals surface area contributed by atoms with Gasteiger partial charge in [0.25, 0.3) is 5.91 Å². The quantitative estimate of drug-likeness (QED) is 0.198. The number of hydrogen-bond donors (Lipinski definition) is 1. The predicted octanol–water partition coefficient (Wildman–Crippen LogP) is 5.08. The van der Waals surface area contributed by atoms with E-state index in [9.17, 15) is 14.9 Å². The van der Waals surface area contributed by atoms with Gasteiger partial charge in [-0.1, -0.05) is 60.1 Å². The van der Waals surface area contributed by atoms with Crippen LogP contribution in [0.1, 0.15) is 5.56 Å². The summed E-state index contributed by atoms with van der Waals surface area (Å²) in [5, 5.41) is 19.5. The number of carbonyl (C=O) groups is 1. The number of amides is 1. The number of nitrogens with one attached hydrogen (secondary N) is 1. The van der Waals surface area contributed by atoms with E-state index in [-0.39, 0.29) is 16.5 Å². The van der Waals surface area contributed by atoms with Crippen molar-refractivity contribution in [2.45, 2.75) is 0 Å². The van der Waals surface area contributed by atoms with Crippen LogP contribution < -0.4 is 10.2 Å². The molecule has 0 fully saturated rings. The average Bonchev–Trinajstić information content (AvgIpc) is 2.77. The number of nitro benzene ring substituents is 1. The summed E-state index contributed by atoms with van der Waals surface area (Å²) in [5.74, 6) is -0.599. The summed E-state index contributed by atoms with van der Waals surface area (Å²) in [7, 11) is 0. The lowest BCUT2D eigenvalue weighted by atomic mass is 9.97. The number of hydrazone groups is 1. The number of nitrogens with zero attached hydrogens (tertiary/aromatic N) is 2. The number of halogens is 1. The molecular formula is C23H16ClN3O4. The molecule has 0 aliphatic heterocycles. The molecule has 0 saturated carbocycles. The molecule has 0 atom stereocenters. The molecule has 154 valence electrons. The fourth-order valence-corrected chi connectivity index (χ4v) is 3.45. The Hall–Kier alpha value is -3.97. The molecule has 4 aromatic carbocycles. The maximum atomic E-state index is 12.1. The van der Waals surface area contributed by atoms with E-state index in [1.807, 2.05) is 48.5 Å². The molecule has 1 amide bonds. The Morgan fingerprint density at radius 3 is 2.32 bits per heavy atom. The van der Waals surface area contributed by atoms with Gasteiger partial charge in [0.1, 0.15) is 0 Å². The Balaban J connectivity index is 1.51. The van der Waals surface area contributed by atoms with Crippen LogP contribution in [0.25, 0.3) is 21.5 Å². The Morgan fingerprint density at radius 1 is 1.03 bits per heavy atom. The minimum absolute atomic E-state index is 0.0476. The number of benzene rings is 4. The van der Waals surface area contributed by atoms with Crippen LogP contribution >= 0.6 is 11.6 Å². The first kappa shape index (κ1) is 20.3. The van der Waals surface area contributed by atoms with E-state index in [1.165, 1.54) is 18.2 Å². The number of hydrogen-bond acceptors (Lipinski definition) is 5. The Bertz CT molecular complexity index is 1280. The summed E-state index contributed by atoms with van der Waals surface area (Å²) in [6.07, 6.45) is 1.59. The van der Waals surface area contributed by atoms with E-state index in [1.54, 1.807) is 6.21 Å². The van der Waals surface area contributed by atoms with Gasteiger partial charge in [-0.2, -0.15) is 5.10 Å². The van der Waals surface area contributed by atoms with E-state index < -0.39 is 17.4 Å². The number of nitro groups is 1. The zero-order valence-corrected chi connectivity index (χ0v) is 16.9. The second kappa shape index (κ2) is 8.81. The Labute approximate surface area is 182 Å². The molecule has 0 aromatic heterocycles. The van der Waals surface area contributed by atoms with Crippen molar-refractivity contribution in [3.63, 3.8) is 0 Å². The smallest absolute Gasteiger partial charge is 0.312 e. The second-order valence-corrected chi connectivity index (χ2v) is 7.12. The van der Waals surface area contributed by atoms with Crippen molar-refractivity contribution in [2.24, 2.45) is 5.10 Å². The molecule has 31 heavy (non-hydrogen) atoms. The molecule has 0 unspecified atom stereocenters. The van der Waals surface area contributed by atoms with Crippen LogP contribution in [-0.2, 0) is 4.79 Å². The number of fused-ring (bicyclic) bond motifs is 2. The minimum atomic E-state index is -0.622. The first-order chi connectivity index (χ1) is 15.0. The van der Waals surface area contributed by atoms with Crippen molar-refractivity contribution in [1.29, 1.82) is 0 Å². The van der Waals surface area contributed by atoms with Gasteiger partial charge in [-0.25, -0.2) is 5.43 Å². The summed E-state index contributed by atoms with van der Waals surface area (Å²) in [5.41, 5.74) is 2.96. The third-order valence-corrected chi connectivity index (χ3v) is 4.91. The van der Waals surface area contributed by atoms with Gasteiger partial charge < -0.3 is 4.74 Å². The fourth-order valence-electron chi connectivity index (χ4n) is 3.29. The summed E-state index contributed by atoms with van der Waals surface area (Å²) in [6.45, 7) is -0.434. The number of rotatable bonds is 6. The molecule has 0 saturated heterocycles. The highest BCUT2D eigenvalue weighted by molar-refractivity contribution is 6.30. The van der Waals surface area contributed by atoms with Gasteiger partial charge in [0.15, 0.2) is 12.4 Å². The lowest BCUT2D eigenvalue weighted by Crippen LogP contribution is -2.24. The van der Waals surface area contributed by atoms with Gasteiger partial charge in [0, 0.05) is 16.7 Å². The van der Waals surface area contributed by atoms with Crippen LogP contribution in [-0.4, -0.2) is 23.7 Å². The Morgan fingerprint density at radius 2 is 1.68 bits per heavy atom. The maximum Gasteiger partial charge on any atom is 0.312 e. The molecule has 4 rings (SSSR count). The maximum absolute atomic E-state index is 12.1. The normalized spacial score (nSPS) is 11.1. The summed E-state index contributed by atoms with van der Waals surface area (Å²) >= 11 is 5.77. The molecule has 0 bridgehead atoms. The highest BCUT2D eigenvalue weighted by Crippen LogP contribution is 2.30. The van der Waals surface area contributed by atoms with E-state index in [0.717, 1.165) is 27.1 Å². The van der Waals surface area contributed by atoms with Crippen LogP contribution in [0.15, 0.2) is 77.9 Å². The predicted molar refractivity (Wildman–Crippen MR) is 121 cm³/mol. The molecule has 0 radical (unpaired) electrons. The third kappa shape index (κ3) is 4.46. The number of carbonyl (C=O) groups excluding carboxylic acids is 1. The minimum Gasteiger partial charge on any atom is -0.477 e. The van der Waals surface area contributed by atoms with Gasteiger partial charge in [-0.3, -0.25) is 14.9 Å². The van der Waals surface area contributed by atoms with Crippen LogP contribution in [0, 0.1) is 10.1 Å². The van der Waals surface area contributed by atoms with Gasteiger partial charge in [-0.05, 0) is 39.7 Å². The topological polar surface area (TPSA) is 93.8 Å². The van der Waals surface area contributed by atoms with Gasteiger partial charge >= 0.3 is 5.69 Å². The first-order valence-electron chi connectivity index (χ1n) is 9.32. The molecule has 8 heteroatoms. The summed E-state index contributed by atoms with van der Waals surface area (Å²) < 4.78 is 5.27. The zero-order chi connectivity index (χ0) is 21.8. The standard InChI is InChI=1S/C23H16ClN3O4/c24-17-9-10-22(21(12-17)27(29)30)31-14-23(28)26-25-13-20-18-7-3-1-5-15(18)11-16-6-2-4-8-19(16)20/h1-13H,14H2,(H,26,28)/b25-13-. The highest BCUT2D eigenvalue weighted by Gasteiger charge is 2.16. The lowest BCUT2D eigenvalue weighted by Gasteiger charge is -2.08. The van der Waals surface area contributed by atoms with E-state index in [4.69, 9.17) is 16.3 Å². The molecular weight excluding hydrogens is 418 g/mol. The largest absolute Gasteiger partial charge is 0.477 e. The van der Waals surface area contributed by atoms with Crippen molar-refractivity contribution in [2.75, 3.05) is 6.61 Å². The van der Waals surface area contributed by atoms with Crippen LogP contribution in [0.5, 0.6) is 5.75 Å². The van der Waals surface area contributed by atoms with Crippen molar-refractivity contribution >= 4 is 51.0 Å². The van der Waals surface area contributed by atoms with Crippen molar-refractivity contribution in [3.05, 3.63) is 93.5 Å². The van der Waals surface area contributed by atoms with Crippen LogP contribution in [0.4, 0.5) is 5.69 Å². The van der Waals surface area contributed by atoms with Gasteiger partial charge in [0.2, 0.25) is 0 Å². The fraction of sp³-hybridized carbons (Fsp3) is 0.0435. The molecule has 4 aromatic rings. The Kier molecular flexibility index (Phi) is 5.77. The average molecular weight is 434 g/mol. The molecule has 1 N–H and O–H groups in total. The van der Waals surface area contributed by atoms with Gasteiger partial charge in [0.05, 0.1) is 11.1 Å². The van der Waals surface area contributed by atoms with Gasteiger partial charge in [-0.15, -0.1) is 0 Å². The highest BCUT2D eigenvalue weighted by atomic mass is 35.5. The van der Waals surface area contributed by atoms with Crippen molar-refractivity contribution < 1.29 is 14.5 Å². The molecule has 0 aliphatic rings. The first-order valence-corrected chi connectivity index (χ1v) is 9.70. The summed E-state index contributed by atoms with van der Waals surface area (Å²) in [6, 6.07) is 21.9. The number of ether oxygens (including phenoxy) is 1. The SMILES string of the molecule is O=C(COc1ccc(Cl)cc1[N+](=O)[O-])N/N=C\c1c2ccccc2cc2ccccc12. The summed E-state index contributed by atoms with van der Waals surface area (Å²) in [4.78, 5) is 22.6. The van der Waals surface area contributed by atoms with E-state index in [0.29, 0.717) is 0 Å². The monoisotopic (exact) mass is 433 g/mol. The molecule has 0 heterocycles. The molecule has 0 aliphatic carbocycles. The lowest BCUT2D eigenvalue weighted by molar-refractivity contribution is -0.385. The van der Waals surface area contributed by atoms with Crippen LogP contribution in [0.3, 0.4) is 0 Å². The van der Waals surface area contributed by atoms with Crippen molar-refractivity contribution in [3.8, 4) is 5.75 Å². The van der Waals surface area contributed by atoms with E-state index >= 15 is 0 Å².